The highest BCUT2D eigenvalue weighted by Crippen LogP contribution is 2.38. The molecule has 1 heterocycles. The van der Waals surface area contributed by atoms with Crippen molar-refractivity contribution in [3.8, 4) is 5.75 Å². The second kappa shape index (κ2) is 5.82. The Kier molecular flexibility index (Phi) is 4.34. The fourth-order valence-corrected chi connectivity index (χ4v) is 2.55. The van der Waals surface area contributed by atoms with Crippen LogP contribution in [0.15, 0.2) is 24.5 Å². The van der Waals surface area contributed by atoms with E-state index in [1.807, 2.05) is 17.7 Å². The Labute approximate surface area is 122 Å². The van der Waals surface area contributed by atoms with Crippen LogP contribution in [0, 0.1) is 0 Å². The first-order valence-electron chi connectivity index (χ1n) is 5.88. The van der Waals surface area contributed by atoms with Gasteiger partial charge in [-0.1, -0.05) is 23.2 Å². The van der Waals surface area contributed by atoms with Crippen LogP contribution in [-0.2, 0) is 6.54 Å². The van der Waals surface area contributed by atoms with E-state index in [2.05, 4.69) is 4.98 Å². The first-order chi connectivity index (χ1) is 9.10. The Bertz CT molecular complexity index is 583. The van der Waals surface area contributed by atoms with E-state index in [0.29, 0.717) is 21.4 Å². The molecule has 1 atom stereocenters. The predicted octanol–water partition coefficient (Wildman–Crippen LogP) is 3.27. The summed E-state index contributed by atoms with van der Waals surface area (Å²) in [4.78, 5) is 4.29. The van der Waals surface area contributed by atoms with Gasteiger partial charge in [0, 0.05) is 29.5 Å². The summed E-state index contributed by atoms with van der Waals surface area (Å²) >= 11 is 12.3. The molecule has 1 aromatic carbocycles. The van der Waals surface area contributed by atoms with Crippen LogP contribution in [0.4, 0.5) is 0 Å². The minimum Gasteiger partial charge on any atom is -0.495 e. The van der Waals surface area contributed by atoms with Gasteiger partial charge in [0.1, 0.15) is 11.6 Å². The number of hydrogen-bond donors (Lipinski definition) is 1. The maximum Gasteiger partial charge on any atom is 0.144 e. The Hall–Kier alpha value is -1.23. The minimum absolute atomic E-state index is 0.479. The van der Waals surface area contributed by atoms with Crippen molar-refractivity contribution in [2.75, 3.05) is 7.11 Å². The molecule has 6 heteroatoms. The Morgan fingerprint density at radius 3 is 2.68 bits per heavy atom. The van der Waals surface area contributed by atoms with Crippen molar-refractivity contribution in [3.05, 3.63) is 46.0 Å². The van der Waals surface area contributed by atoms with E-state index < -0.39 is 6.04 Å². The number of aromatic nitrogens is 2. The third-order valence-electron chi connectivity index (χ3n) is 2.98. The van der Waals surface area contributed by atoms with Gasteiger partial charge in [0.05, 0.1) is 18.2 Å². The normalized spacial score (nSPS) is 12.5. The van der Waals surface area contributed by atoms with Crippen LogP contribution in [0.25, 0.3) is 0 Å². The standard InChI is InChI=1S/C13H15Cl2N3O/c1-3-18-7-6-17-13(18)11(16)10-8(14)4-5-9(15)12(10)19-2/h4-7,11H,3,16H2,1-2H3. The van der Waals surface area contributed by atoms with E-state index in [1.165, 1.54) is 0 Å². The summed E-state index contributed by atoms with van der Waals surface area (Å²) < 4.78 is 7.28. The summed E-state index contributed by atoms with van der Waals surface area (Å²) in [6, 6.07) is 2.91. The lowest BCUT2D eigenvalue weighted by atomic mass is 10.1. The quantitative estimate of drug-likeness (QED) is 0.943. The van der Waals surface area contributed by atoms with Gasteiger partial charge in [-0.3, -0.25) is 0 Å². The summed E-state index contributed by atoms with van der Waals surface area (Å²) in [6.45, 7) is 2.80. The zero-order valence-electron chi connectivity index (χ0n) is 10.7. The molecule has 1 aromatic heterocycles. The molecule has 0 aliphatic rings. The van der Waals surface area contributed by atoms with Crippen molar-refractivity contribution in [2.45, 2.75) is 19.5 Å². The van der Waals surface area contributed by atoms with Gasteiger partial charge >= 0.3 is 0 Å². The molecule has 1 unspecified atom stereocenters. The number of halogens is 2. The lowest BCUT2D eigenvalue weighted by Gasteiger charge is -2.18. The summed E-state index contributed by atoms with van der Waals surface area (Å²) in [5.41, 5.74) is 6.93. The third kappa shape index (κ3) is 2.56. The Morgan fingerprint density at radius 1 is 1.37 bits per heavy atom. The van der Waals surface area contributed by atoms with E-state index in [1.54, 1.807) is 25.4 Å². The van der Waals surface area contributed by atoms with Crippen molar-refractivity contribution in [1.29, 1.82) is 0 Å². The Balaban J connectivity index is 2.55. The number of methoxy groups -OCH3 is 1. The van der Waals surface area contributed by atoms with Gasteiger partial charge in [0.2, 0.25) is 0 Å². The molecule has 0 fully saturated rings. The molecule has 102 valence electrons. The van der Waals surface area contributed by atoms with E-state index in [4.69, 9.17) is 33.7 Å². The van der Waals surface area contributed by atoms with Crippen LogP contribution in [0.2, 0.25) is 10.0 Å². The van der Waals surface area contributed by atoms with Crippen molar-refractivity contribution in [1.82, 2.24) is 9.55 Å². The molecule has 0 spiro atoms. The summed E-state index contributed by atoms with van der Waals surface area (Å²) in [5.74, 6) is 1.22. The van der Waals surface area contributed by atoms with Crippen molar-refractivity contribution in [2.24, 2.45) is 5.73 Å². The molecule has 0 amide bonds. The van der Waals surface area contributed by atoms with E-state index in [-0.39, 0.29) is 0 Å². The molecule has 4 nitrogen and oxygen atoms in total. The number of benzene rings is 1. The van der Waals surface area contributed by atoms with Crippen LogP contribution >= 0.6 is 23.2 Å². The van der Waals surface area contributed by atoms with Gasteiger partial charge in [-0.2, -0.15) is 0 Å². The zero-order valence-corrected chi connectivity index (χ0v) is 12.2. The van der Waals surface area contributed by atoms with Gasteiger partial charge in [-0.15, -0.1) is 0 Å². The summed E-state index contributed by atoms with van der Waals surface area (Å²) in [7, 11) is 1.54. The van der Waals surface area contributed by atoms with Gasteiger partial charge < -0.3 is 15.0 Å². The largest absolute Gasteiger partial charge is 0.495 e. The highest BCUT2D eigenvalue weighted by molar-refractivity contribution is 6.35. The van der Waals surface area contributed by atoms with Gasteiger partial charge in [0.15, 0.2) is 0 Å². The average molecular weight is 300 g/mol. The smallest absolute Gasteiger partial charge is 0.144 e. The second-order valence-electron chi connectivity index (χ2n) is 4.03. The van der Waals surface area contributed by atoms with Gasteiger partial charge in [-0.05, 0) is 19.1 Å². The van der Waals surface area contributed by atoms with Crippen molar-refractivity contribution >= 4 is 23.2 Å². The third-order valence-corrected chi connectivity index (χ3v) is 3.60. The van der Waals surface area contributed by atoms with Crippen LogP contribution < -0.4 is 10.5 Å². The van der Waals surface area contributed by atoms with Crippen LogP contribution in [0.5, 0.6) is 5.75 Å². The highest BCUT2D eigenvalue weighted by Gasteiger charge is 2.23. The van der Waals surface area contributed by atoms with E-state index >= 15 is 0 Å². The molecule has 19 heavy (non-hydrogen) atoms. The number of hydrogen-bond acceptors (Lipinski definition) is 3. The van der Waals surface area contributed by atoms with Crippen LogP contribution in [0.1, 0.15) is 24.4 Å². The molecular weight excluding hydrogens is 285 g/mol. The maximum absolute atomic E-state index is 6.28. The maximum atomic E-state index is 6.28. The Morgan fingerprint density at radius 2 is 2.05 bits per heavy atom. The molecule has 0 radical (unpaired) electrons. The fraction of sp³-hybridized carbons (Fsp3) is 0.308. The SMILES string of the molecule is CCn1ccnc1C(N)c1c(Cl)ccc(Cl)c1OC. The zero-order chi connectivity index (χ0) is 14.0. The monoisotopic (exact) mass is 299 g/mol. The van der Waals surface area contributed by atoms with Crippen molar-refractivity contribution < 1.29 is 4.74 Å². The first kappa shape index (κ1) is 14.2. The molecule has 0 aliphatic carbocycles. The second-order valence-corrected chi connectivity index (χ2v) is 4.84. The molecule has 0 aliphatic heterocycles. The summed E-state index contributed by atoms with van der Waals surface area (Å²) in [5, 5.41) is 0.992. The molecule has 2 N–H and O–H groups in total. The molecule has 0 saturated heterocycles. The number of aryl methyl sites for hydroxylation is 1. The van der Waals surface area contributed by atoms with Crippen LogP contribution in [0.3, 0.4) is 0 Å². The number of nitrogens with two attached hydrogens (primary N) is 1. The van der Waals surface area contributed by atoms with Gasteiger partial charge in [0.25, 0.3) is 0 Å². The molecule has 0 bridgehead atoms. The molecular formula is C13H15Cl2N3O. The molecule has 2 aromatic rings. The number of ether oxygens (including phenoxy) is 1. The van der Waals surface area contributed by atoms with Crippen molar-refractivity contribution in [3.63, 3.8) is 0 Å². The number of nitrogens with zero attached hydrogens (tertiary/aromatic N) is 2. The lowest BCUT2D eigenvalue weighted by Crippen LogP contribution is -2.19. The topological polar surface area (TPSA) is 53.1 Å². The number of imidazole rings is 1. The summed E-state index contributed by atoms with van der Waals surface area (Å²) in [6.07, 6.45) is 3.59. The average Bonchev–Trinajstić information content (AvgIpc) is 2.88. The fourth-order valence-electron chi connectivity index (χ4n) is 2.04. The lowest BCUT2D eigenvalue weighted by molar-refractivity contribution is 0.407. The number of rotatable bonds is 4. The van der Waals surface area contributed by atoms with Gasteiger partial charge in [-0.25, -0.2) is 4.98 Å². The van der Waals surface area contributed by atoms with E-state index in [9.17, 15) is 0 Å². The van der Waals surface area contributed by atoms with E-state index in [0.717, 1.165) is 12.4 Å². The predicted molar refractivity (Wildman–Crippen MR) is 76.9 cm³/mol. The molecule has 2 rings (SSSR count). The van der Waals surface area contributed by atoms with Crippen LogP contribution in [-0.4, -0.2) is 16.7 Å². The highest BCUT2D eigenvalue weighted by atomic mass is 35.5. The minimum atomic E-state index is -0.490. The first-order valence-corrected chi connectivity index (χ1v) is 6.64. The molecule has 0 saturated carbocycles.